The van der Waals surface area contributed by atoms with Crippen molar-refractivity contribution in [3.8, 4) is 17.0 Å². The summed E-state index contributed by atoms with van der Waals surface area (Å²) in [4.78, 5) is 41.5. The van der Waals surface area contributed by atoms with Crippen molar-refractivity contribution in [2.24, 2.45) is 14.1 Å². The molecule has 0 saturated heterocycles. The Morgan fingerprint density at radius 1 is 1.21 bits per heavy atom. The lowest BCUT2D eigenvalue weighted by Crippen LogP contribution is -2.38. The van der Waals surface area contributed by atoms with Gasteiger partial charge in [0.05, 0.1) is 23.7 Å². The van der Waals surface area contributed by atoms with Crippen molar-refractivity contribution in [1.82, 2.24) is 24.3 Å². The molecule has 1 aromatic carbocycles. The standard InChI is InChI=1S/C20H15F3N6O4S/c1-28-16-15(17(31)29(2)19(28)32)11(8-24-27-16)7-14(30)26-18-25-13(9-34-18)10-4-3-5-12(6-10)33-20(21,22)23/h3-6,8-9H,7H2,1-2H3,(H,25,26,30). The largest absolute Gasteiger partial charge is 0.573 e. The van der Waals surface area contributed by atoms with Crippen molar-refractivity contribution in [3.63, 3.8) is 0 Å². The van der Waals surface area contributed by atoms with Gasteiger partial charge in [-0.1, -0.05) is 12.1 Å². The van der Waals surface area contributed by atoms with Crippen LogP contribution in [-0.2, 0) is 25.3 Å². The van der Waals surface area contributed by atoms with Gasteiger partial charge >= 0.3 is 12.1 Å². The van der Waals surface area contributed by atoms with Crippen LogP contribution >= 0.6 is 11.3 Å². The van der Waals surface area contributed by atoms with Gasteiger partial charge in [0.25, 0.3) is 5.56 Å². The zero-order chi connectivity index (χ0) is 24.6. The summed E-state index contributed by atoms with van der Waals surface area (Å²) in [6.45, 7) is 0. The van der Waals surface area contributed by atoms with Crippen molar-refractivity contribution >= 4 is 33.4 Å². The number of alkyl halides is 3. The lowest BCUT2D eigenvalue weighted by molar-refractivity contribution is -0.274. The molecule has 0 saturated carbocycles. The molecule has 0 spiro atoms. The minimum atomic E-state index is -4.82. The van der Waals surface area contributed by atoms with Crippen molar-refractivity contribution < 1.29 is 22.7 Å². The minimum absolute atomic E-state index is 0.0518. The van der Waals surface area contributed by atoms with Crippen molar-refractivity contribution in [1.29, 1.82) is 0 Å². The predicted molar refractivity (Wildman–Crippen MR) is 117 cm³/mol. The highest BCUT2D eigenvalue weighted by atomic mass is 32.1. The molecular weight excluding hydrogens is 477 g/mol. The number of hydrogen-bond donors (Lipinski definition) is 1. The summed E-state index contributed by atoms with van der Waals surface area (Å²) in [5, 5.41) is 12.1. The average molecular weight is 492 g/mol. The van der Waals surface area contributed by atoms with E-state index in [9.17, 15) is 27.6 Å². The average Bonchev–Trinajstić information content (AvgIpc) is 3.23. The number of thiazole rings is 1. The number of amides is 1. The third-order valence-corrected chi connectivity index (χ3v) is 5.54. The normalized spacial score (nSPS) is 11.6. The van der Waals surface area contributed by atoms with Crippen LogP contribution in [0.1, 0.15) is 5.56 Å². The van der Waals surface area contributed by atoms with Gasteiger partial charge in [0.15, 0.2) is 10.8 Å². The number of fused-ring (bicyclic) bond motifs is 1. The van der Waals surface area contributed by atoms with Gasteiger partial charge in [-0.25, -0.2) is 9.78 Å². The Kier molecular flexibility index (Phi) is 5.91. The summed E-state index contributed by atoms with van der Waals surface area (Å²) < 4.78 is 43.4. The molecule has 1 amide bonds. The number of halogens is 3. The third-order valence-electron chi connectivity index (χ3n) is 4.79. The Labute approximate surface area is 192 Å². The molecule has 3 aromatic heterocycles. The van der Waals surface area contributed by atoms with Crippen molar-refractivity contribution in [2.75, 3.05) is 5.32 Å². The van der Waals surface area contributed by atoms with Crippen molar-refractivity contribution in [3.05, 3.63) is 62.2 Å². The Morgan fingerprint density at radius 2 is 1.97 bits per heavy atom. The Morgan fingerprint density at radius 3 is 2.71 bits per heavy atom. The first-order valence-electron chi connectivity index (χ1n) is 9.55. The van der Waals surface area contributed by atoms with Gasteiger partial charge in [-0.2, -0.15) is 5.10 Å². The number of rotatable bonds is 5. The van der Waals surface area contributed by atoms with Gasteiger partial charge < -0.3 is 10.1 Å². The number of ether oxygens (including phenoxy) is 1. The number of nitrogens with one attached hydrogen (secondary N) is 1. The SMILES string of the molecule is Cn1c(=O)c2c(CC(=O)Nc3nc(-c4cccc(OC(F)(F)F)c4)cs3)cnnc2n(C)c1=O. The van der Waals surface area contributed by atoms with Crippen LogP contribution in [0.3, 0.4) is 0 Å². The topological polar surface area (TPSA) is 121 Å². The molecule has 0 radical (unpaired) electrons. The molecule has 4 aromatic rings. The molecule has 14 heteroatoms. The summed E-state index contributed by atoms with van der Waals surface area (Å²) >= 11 is 1.07. The fraction of sp³-hybridized carbons (Fsp3) is 0.200. The van der Waals surface area contributed by atoms with Gasteiger partial charge in [0.2, 0.25) is 5.91 Å². The second-order valence-corrected chi connectivity index (χ2v) is 7.97. The van der Waals surface area contributed by atoms with E-state index in [0.717, 1.165) is 20.5 Å². The highest BCUT2D eigenvalue weighted by molar-refractivity contribution is 7.14. The van der Waals surface area contributed by atoms with Crippen LogP contribution in [0.25, 0.3) is 22.3 Å². The number of carbonyl (C=O) groups is 1. The van der Waals surface area contributed by atoms with Gasteiger partial charge in [-0.05, 0) is 17.7 Å². The van der Waals surface area contributed by atoms with Crippen molar-refractivity contribution in [2.45, 2.75) is 12.8 Å². The number of anilines is 1. The fourth-order valence-corrected chi connectivity index (χ4v) is 3.97. The second kappa shape index (κ2) is 8.70. The van der Waals surface area contributed by atoms with E-state index >= 15 is 0 Å². The smallest absolute Gasteiger partial charge is 0.406 e. The third kappa shape index (κ3) is 4.66. The Balaban J connectivity index is 1.55. The first-order chi connectivity index (χ1) is 16.0. The maximum Gasteiger partial charge on any atom is 0.573 e. The van der Waals surface area contributed by atoms with Crippen LogP contribution in [0.4, 0.5) is 18.3 Å². The summed E-state index contributed by atoms with van der Waals surface area (Å²) in [6, 6.07) is 5.30. The molecule has 1 N–H and O–H groups in total. The molecule has 0 aliphatic heterocycles. The van der Waals surface area contributed by atoms with E-state index in [1.807, 2.05) is 0 Å². The molecule has 0 fully saturated rings. The summed E-state index contributed by atoms with van der Waals surface area (Å²) in [7, 11) is 2.76. The van der Waals surface area contributed by atoms with Crippen LogP contribution in [0.5, 0.6) is 5.75 Å². The highest BCUT2D eigenvalue weighted by Gasteiger charge is 2.31. The van der Waals surface area contributed by atoms with E-state index < -0.39 is 29.3 Å². The fourth-order valence-electron chi connectivity index (χ4n) is 3.24. The number of nitrogens with zero attached hydrogens (tertiary/aromatic N) is 5. The van der Waals surface area contributed by atoms with Gasteiger partial charge in [-0.3, -0.25) is 18.7 Å². The zero-order valence-corrected chi connectivity index (χ0v) is 18.4. The molecular formula is C20H15F3N6O4S. The quantitative estimate of drug-likeness (QED) is 0.454. The maximum atomic E-state index is 12.6. The van der Waals surface area contributed by atoms with E-state index in [4.69, 9.17) is 0 Å². The van der Waals surface area contributed by atoms with Gasteiger partial charge in [-0.15, -0.1) is 29.6 Å². The summed E-state index contributed by atoms with van der Waals surface area (Å²) in [5.74, 6) is -0.906. The first-order valence-corrected chi connectivity index (χ1v) is 10.4. The predicted octanol–water partition coefficient (Wildman–Crippen LogP) is 2.23. The van der Waals surface area contributed by atoms with Gasteiger partial charge in [0, 0.05) is 25.0 Å². The summed E-state index contributed by atoms with van der Waals surface area (Å²) in [6.07, 6.45) is -3.80. The van der Waals surface area contributed by atoms with Crippen LogP contribution < -0.4 is 21.3 Å². The molecule has 176 valence electrons. The highest BCUT2D eigenvalue weighted by Crippen LogP contribution is 2.30. The monoisotopic (exact) mass is 492 g/mol. The molecule has 3 heterocycles. The Hall–Kier alpha value is -4.07. The van der Waals surface area contributed by atoms with Crippen LogP contribution in [0, 0.1) is 0 Å². The van der Waals surface area contributed by atoms with E-state index in [0.29, 0.717) is 11.3 Å². The van der Waals surface area contributed by atoms with E-state index in [2.05, 4.69) is 25.2 Å². The molecule has 0 unspecified atom stereocenters. The zero-order valence-electron chi connectivity index (χ0n) is 17.6. The lowest BCUT2D eigenvalue weighted by atomic mass is 10.1. The van der Waals surface area contributed by atoms with E-state index in [1.165, 1.54) is 38.5 Å². The van der Waals surface area contributed by atoms with Crippen LogP contribution in [0.15, 0.2) is 45.4 Å². The van der Waals surface area contributed by atoms with E-state index in [-0.39, 0.29) is 28.1 Å². The first kappa shape index (κ1) is 23.1. The summed E-state index contributed by atoms with van der Waals surface area (Å²) in [5.41, 5.74) is -0.148. The molecule has 4 rings (SSSR count). The Bertz CT molecular complexity index is 1530. The molecule has 0 bridgehead atoms. The van der Waals surface area contributed by atoms with Crippen LogP contribution in [-0.4, -0.2) is 36.6 Å². The molecule has 10 nitrogen and oxygen atoms in total. The van der Waals surface area contributed by atoms with Gasteiger partial charge in [0.1, 0.15) is 5.75 Å². The van der Waals surface area contributed by atoms with E-state index in [1.54, 1.807) is 11.4 Å². The minimum Gasteiger partial charge on any atom is -0.406 e. The molecule has 0 atom stereocenters. The number of aryl methyl sites for hydroxylation is 1. The number of hydrogen-bond acceptors (Lipinski definition) is 8. The van der Waals surface area contributed by atoms with Crippen LogP contribution in [0.2, 0.25) is 0 Å². The number of aromatic nitrogens is 5. The molecule has 0 aliphatic rings. The lowest BCUT2D eigenvalue weighted by Gasteiger charge is -2.09. The second-order valence-electron chi connectivity index (χ2n) is 7.11. The molecule has 0 aliphatic carbocycles. The number of benzene rings is 1. The number of carbonyl (C=O) groups excluding carboxylic acids is 1. The molecule has 34 heavy (non-hydrogen) atoms. The maximum absolute atomic E-state index is 12.6.